The molecule has 0 aliphatic carbocycles. The Morgan fingerprint density at radius 1 is 1.24 bits per heavy atom. The van der Waals surface area contributed by atoms with E-state index < -0.39 is 0 Å². The summed E-state index contributed by atoms with van der Waals surface area (Å²) in [5.74, 6) is 0.520. The Bertz CT molecular complexity index is 921. The van der Waals surface area contributed by atoms with E-state index >= 15 is 0 Å². The van der Waals surface area contributed by atoms with E-state index in [-0.39, 0.29) is 5.91 Å². The quantitative estimate of drug-likeness (QED) is 0.634. The first-order chi connectivity index (χ1) is 12.1. The second-order valence-corrected chi connectivity index (χ2v) is 6.44. The summed E-state index contributed by atoms with van der Waals surface area (Å²) in [5.41, 5.74) is 2.59. The van der Waals surface area contributed by atoms with E-state index in [1.165, 1.54) is 17.4 Å². The van der Waals surface area contributed by atoms with Crippen LogP contribution in [0.1, 0.15) is 5.56 Å². The van der Waals surface area contributed by atoms with Crippen molar-refractivity contribution in [3.05, 3.63) is 70.6 Å². The molecule has 25 heavy (non-hydrogen) atoms. The largest absolute Gasteiger partial charge is 0.497 e. The standard InChI is InChI=1S/C19H15ClN2O2S/c1-24-16-7-3-5-14(11-16)17-12-25-19(21-17)22-18(23)9-8-13-4-2-6-15(20)10-13/h2-12H,1H3,(H,21,22,23)/b9-8+. The molecule has 1 N–H and O–H groups in total. The Kier molecular flexibility index (Phi) is 5.48. The molecular weight excluding hydrogens is 356 g/mol. The fraction of sp³-hybridized carbons (Fsp3) is 0.0526. The molecule has 0 atom stereocenters. The van der Waals surface area contributed by atoms with Gasteiger partial charge in [0, 0.05) is 22.0 Å². The third-order valence-corrected chi connectivity index (χ3v) is 4.37. The monoisotopic (exact) mass is 370 g/mol. The highest BCUT2D eigenvalue weighted by Gasteiger charge is 2.07. The van der Waals surface area contributed by atoms with Gasteiger partial charge in [-0.2, -0.15) is 0 Å². The Morgan fingerprint density at radius 2 is 2.08 bits per heavy atom. The number of halogens is 1. The van der Waals surface area contributed by atoms with Gasteiger partial charge in [0.25, 0.3) is 0 Å². The zero-order valence-corrected chi connectivity index (χ0v) is 15.0. The number of aromatic nitrogens is 1. The van der Waals surface area contributed by atoms with Gasteiger partial charge in [0.1, 0.15) is 5.75 Å². The highest BCUT2D eigenvalue weighted by atomic mass is 35.5. The van der Waals surface area contributed by atoms with Gasteiger partial charge in [-0.25, -0.2) is 4.98 Å². The van der Waals surface area contributed by atoms with Crippen molar-refractivity contribution in [2.75, 3.05) is 12.4 Å². The van der Waals surface area contributed by atoms with Gasteiger partial charge in [0.2, 0.25) is 5.91 Å². The number of benzene rings is 2. The first-order valence-corrected chi connectivity index (χ1v) is 8.74. The fourth-order valence-corrected chi connectivity index (χ4v) is 3.10. The smallest absolute Gasteiger partial charge is 0.250 e. The first kappa shape index (κ1) is 17.2. The van der Waals surface area contributed by atoms with Crippen LogP contribution in [0.3, 0.4) is 0 Å². The highest BCUT2D eigenvalue weighted by Crippen LogP contribution is 2.27. The van der Waals surface area contributed by atoms with Crippen molar-refractivity contribution in [1.29, 1.82) is 0 Å². The maximum absolute atomic E-state index is 12.0. The lowest BCUT2D eigenvalue weighted by Crippen LogP contribution is -2.07. The molecule has 0 saturated carbocycles. The van der Waals surface area contributed by atoms with Crippen molar-refractivity contribution in [2.24, 2.45) is 0 Å². The molecule has 2 aromatic carbocycles. The number of anilines is 1. The van der Waals surface area contributed by atoms with E-state index in [0.29, 0.717) is 10.2 Å². The molecule has 0 bridgehead atoms. The van der Waals surface area contributed by atoms with E-state index in [1.807, 2.05) is 41.8 Å². The van der Waals surface area contributed by atoms with Crippen LogP contribution in [-0.4, -0.2) is 18.0 Å². The molecule has 1 amide bonds. The molecule has 1 heterocycles. The Labute approximate surface area is 154 Å². The zero-order valence-electron chi connectivity index (χ0n) is 13.4. The lowest BCUT2D eigenvalue weighted by Gasteiger charge is -2.01. The number of carbonyl (C=O) groups is 1. The number of nitrogens with zero attached hydrogens (tertiary/aromatic N) is 1. The van der Waals surface area contributed by atoms with Crippen LogP contribution in [0.5, 0.6) is 5.75 Å². The lowest BCUT2D eigenvalue weighted by atomic mass is 10.2. The summed E-state index contributed by atoms with van der Waals surface area (Å²) in [5, 5.41) is 5.83. The minimum atomic E-state index is -0.244. The molecule has 0 aliphatic rings. The summed E-state index contributed by atoms with van der Waals surface area (Å²) in [6.07, 6.45) is 3.16. The normalized spacial score (nSPS) is 10.8. The van der Waals surface area contributed by atoms with Gasteiger partial charge >= 0.3 is 0 Å². The van der Waals surface area contributed by atoms with Gasteiger partial charge in [-0.3, -0.25) is 10.1 Å². The van der Waals surface area contributed by atoms with Crippen LogP contribution in [0, 0.1) is 0 Å². The topological polar surface area (TPSA) is 51.2 Å². The Hall–Kier alpha value is -2.63. The molecule has 0 aliphatic heterocycles. The Morgan fingerprint density at radius 3 is 2.88 bits per heavy atom. The molecule has 6 heteroatoms. The van der Waals surface area contributed by atoms with Crippen molar-refractivity contribution >= 4 is 40.1 Å². The van der Waals surface area contributed by atoms with Crippen LogP contribution < -0.4 is 10.1 Å². The van der Waals surface area contributed by atoms with Crippen molar-refractivity contribution in [1.82, 2.24) is 4.98 Å². The molecule has 0 unspecified atom stereocenters. The molecule has 126 valence electrons. The van der Waals surface area contributed by atoms with Crippen LogP contribution in [0.25, 0.3) is 17.3 Å². The van der Waals surface area contributed by atoms with Crippen LogP contribution in [-0.2, 0) is 4.79 Å². The van der Waals surface area contributed by atoms with Crippen molar-refractivity contribution in [3.8, 4) is 17.0 Å². The molecule has 3 rings (SSSR count). The molecule has 3 aromatic rings. The maximum Gasteiger partial charge on any atom is 0.250 e. The summed E-state index contributed by atoms with van der Waals surface area (Å²) in [4.78, 5) is 16.5. The van der Waals surface area contributed by atoms with E-state index in [9.17, 15) is 4.79 Å². The number of ether oxygens (including phenoxy) is 1. The minimum Gasteiger partial charge on any atom is -0.497 e. The Balaban J connectivity index is 1.67. The van der Waals surface area contributed by atoms with Crippen LogP contribution in [0.4, 0.5) is 5.13 Å². The third kappa shape index (κ3) is 4.68. The van der Waals surface area contributed by atoms with Gasteiger partial charge in [-0.1, -0.05) is 35.9 Å². The number of methoxy groups -OCH3 is 1. The molecule has 1 aromatic heterocycles. The van der Waals surface area contributed by atoms with Crippen molar-refractivity contribution < 1.29 is 9.53 Å². The van der Waals surface area contributed by atoms with E-state index in [1.54, 1.807) is 25.3 Å². The van der Waals surface area contributed by atoms with Gasteiger partial charge in [-0.05, 0) is 35.9 Å². The zero-order chi connectivity index (χ0) is 17.6. The molecule has 0 radical (unpaired) electrons. The van der Waals surface area contributed by atoms with Gasteiger partial charge < -0.3 is 4.74 Å². The van der Waals surface area contributed by atoms with Crippen LogP contribution in [0.15, 0.2) is 60.0 Å². The van der Waals surface area contributed by atoms with Gasteiger partial charge in [-0.15, -0.1) is 11.3 Å². The van der Waals surface area contributed by atoms with E-state index in [2.05, 4.69) is 10.3 Å². The second-order valence-electron chi connectivity index (χ2n) is 5.15. The summed E-state index contributed by atoms with van der Waals surface area (Å²) in [6.45, 7) is 0. The molecule has 0 spiro atoms. The maximum atomic E-state index is 12.0. The van der Waals surface area contributed by atoms with Crippen LogP contribution >= 0.6 is 22.9 Å². The number of nitrogens with one attached hydrogen (secondary N) is 1. The number of rotatable bonds is 5. The predicted octanol–water partition coefficient (Wildman–Crippen LogP) is 5.12. The van der Waals surface area contributed by atoms with E-state index in [0.717, 1.165) is 22.6 Å². The summed E-state index contributed by atoms with van der Waals surface area (Å²) < 4.78 is 5.22. The average Bonchev–Trinajstić information content (AvgIpc) is 3.08. The number of hydrogen-bond acceptors (Lipinski definition) is 4. The molecular formula is C19H15ClN2O2S. The number of carbonyl (C=O) groups excluding carboxylic acids is 1. The SMILES string of the molecule is COc1cccc(-c2csc(NC(=O)/C=C/c3cccc(Cl)c3)n2)c1. The second kappa shape index (κ2) is 7.96. The van der Waals surface area contributed by atoms with Gasteiger partial charge in [0.05, 0.1) is 12.8 Å². The first-order valence-electron chi connectivity index (χ1n) is 7.48. The number of amides is 1. The van der Waals surface area contributed by atoms with Crippen LogP contribution in [0.2, 0.25) is 5.02 Å². The predicted molar refractivity (Wildman–Crippen MR) is 103 cm³/mol. The summed E-state index contributed by atoms with van der Waals surface area (Å²) >= 11 is 7.29. The highest BCUT2D eigenvalue weighted by molar-refractivity contribution is 7.14. The molecule has 0 fully saturated rings. The summed E-state index contributed by atoms with van der Waals surface area (Å²) in [6, 6.07) is 14.9. The average molecular weight is 371 g/mol. The number of thiazole rings is 1. The van der Waals surface area contributed by atoms with Gasteiger partial charge in [0.15, 0.2) is 5.13 Å². The molecule has 0 saturated heterocycles. The fourth-order valence-electron chi connectivity index (χ4n) is 2.18. The van der Waals surface area contributed by atoms with E-state index in [4.69, 9.17) is 16.3 Å². The van der Waals surface area contributed by atoms with Crippen molar-refractivity contribution in [2.45, 2.75) is 0 Å². The lowest BCUT2D eigenvalue weighted by molar-refractivity contribution is -0.111. The summed E-state index contributed by atoms with van der Waals surface area (Å²) in [7, 11) is 1.62. The molecule has 4 nitrogen and oxygen atoms in total. The van der Waals surface area contributed by atoms with Crippen molar-refractivity contribution in [3.63, 3.8) is 0 Å². The third-order valence-electron chi connectivity index (χ3n) is 3.38. The minimum absolute atomic E-state index is 0.244. The number of hydrogen-bond donors (Lipinski definition) is 1.